The number of hydrogen-bond acceptors (Lipinski definition) is 5. The lowest BCUT2D eigenvalue weighted by Gasteiger charge is -2.30. The van der Waals surface area contributed by atoms with Gasteiger partial charge < -0.3 is 10.2 Å². The lowest BCUT2D eigenvalue weighted by Crippen LogP contribution is -2.36. The van der Waals surface area contributed by atoms with Crippen LogP contribution in [0.15, 0.2) is 84.9 Å². The third-order valence-corrected chi connectivity index (χ3v) is 6.78. The van der Waals surface area contributed by atoms with Gasteiger partial charge >= 0.3 is 0 Å². The Labute approximate surface area is 209 Å². The predicted octanol–water partition coefficient (Wildman–Crippen LogP) is 6.00. The molecule has 178 valence electrons. The van der Waals surface area contributed by atoms with Crippen molar-refractivity contribution >= 4 is 28.3 Å². The van der Waals surface area contributed by atoms with Crippen molar-refractivity contribution in [2.75, 3.05) is 11.9 Å². The molecule has 35 heavy (non-hydrogen) atoms. The maximum atomic E-state index is 13.5. The quantitative estimate of drug-likeness (QED) is 0.316. The molecule has 0 fully saturated rings. The van der Waals surface area contributed by atoms with E-state index in [9.17, 15) is 9.59 Å². The number of carbonyl (C=O) groups is 2. The van der Waals surface area contributed by atoms with Crippen molar-refractivity contribution in [3.05, 3.63) is 102 Å². The number of rotatable bonds is 9. The molecule has 0 aliphatic carbocycles. The minimum atomic E-state index is -0.208. The van der Waals surface area contributed by atoms with Crippen molar-refractivity contribution in [2.45, 2.75) is 32.7 Å². The Morgan fingerprint density at radius 2 is 1.57 bits per heavy atom. The van der Waals surface area contributed by atoms with E-state index in [0.29, 0.717) is 10.7 Å². The van der Waals surface area contributed by atoms with E-state index < -0.39 is 0 Å². The summed E-state index contributed by atoms with van der Waals surface area (Å²) in [4.78, 5) is 28.0. The average molecular weight is 485 g/mol. The summed E-state index contributed by atoms with van der Waals surface area (Å²) in [6.45, 7) is 4.35. The Bertz CT molecular complexity index is 1260. The van der Waals surface area contributed by atoms with Crippen LogP contribution in [-0.4, -0.2) is 33.5 Å². The predicted molar refractivity (Wildman–Crippen MR) is 140 cm³/mol. The first kappa shape index (κ1) is 24.3. The largest absolute Gasteiger partial charge is 0.331 e. The number of carbonyl (C=O) groups excluding carboxylic acids is 2. The number of hydrogen-bond donors (Lipinski definition) is 1. The topological polar surface area (TPSA) is 75.2 Å². The first-order valence-electron chi connectivity index (χ1n) is 11.7. The van der Waals surface area contributed by atoms with Crippen LogP contribution in [-0.2, 0) is 11.2 Å². The smallest absolute Gasteiger partial charge is 0.254 e. The van der Waals surface area contributed by atoms with Crippen molar-refractivity contribution in [3.63, 3.8) is 0 Å². The Morgan fingerprint density at radius 3 is 2.23 bits per heavy atom. The van der Waals surface area contributed by atoms with Crippen molar-refractivity contribution in [2.24, 2.45) is 0 Å². The number of benzene rings is 3. The van der Waals surface area contributed by atoms with Gasteiger partial charge in [-0.2, -0.15) is 0 Å². The highest BCUT2D eigenvalue weighted by atomic mass is 32.1. The third-order valence-electron chi connectivity index (χ3n) is 5.89. The van der Waals surface area contributed by atoms with E-state index >= 15 is 0 Å². The molecule has 1 aromatic heterocycles. The molecule has 0 aliphatic rings. The Balaban J connectivity index is 1.46. The second-order valence-electron chi connectivity index (χ2n) is 8.21. The Kier molecular flexibility index (Phi) is 8.00. The van der Waals surface area contributed by atoms with E-state index in [4.69, 9.17) is 0 Å². The number of aromatic nitrogens is 2. The maximum Gasteiger partial charge on any atom is 0.254 e. The molecular formula is C28H28N4O2S. The Morgan fingerprint density at radius 1 is 0.914 bits per heavy atom. The van der Waals surface area contributed by atoms with Gasteiger partial charge in [0.25, 0.3) is 5.91 Å². The Hall–Kier alpha value is -3.84. The molecule has 7 heteroatoms. The highest BCUT2D eigenvalue weighted by Crippen LogP contribution is 2.26. The number of nitrogens with one attached hydrogen (secondary N) is 1. The van der Waals surface area contributed by atoms with Crippen LogP contribution in [0, 0.1) is 0 Å². The van der Waals surface area contributed by atoms with Crippen molar-refractivity contribution in [1.82, 2.24) is 15.1 Å². The molecule has 1 N–H and O–H groups in total. The fraction of sp³-hybridized carbons (Fsp3) is 0.214. The molecule has 1 heterocycles. The normalized spacial score (nSPS) is 11.6. The highest BCUT2D eigenvalue weighted by Gasteiger charge is 2.24. The molecule has 1 atom stereocenters. The van der Waals surface area contributed by atoms with Gasteiger partial charge in [0, 0.05) is 24.1 Å². The fourth-order valence-electron chi connectivity index (χ4n) is 3.81. The molecule has 0 spiro atoms. The molecule has 4 aromatic rings. The minimum absolute atomic E-state index is 0.0981. The summed E-state index contributed by atoms with van der Waals surface area (Å²) < 4.78 is 0. The van der Waals surface area contributed by atoms with Crippen LogP contribution in [0.5, 0.6) is 0 Å². The highest BCUT2D eigenvalue weighted by molar-refractivity contribution is 7.18. The van der Waals surface area contributed by atoms with E-state index in [1.165, 1.54) is 16.9 Å². The fourth-order valence-corrected chi connectivity index (χ4v) is 4.57. The average Bonchev–Trinajstić information content (AvgIpc) is 3.38. The van der Waals surface area contributed by atoms with Crippen LogP contribution < -0.4 is 5.32 Å². The van der Waals surface area contributed by atoms with Gasteiger partial charge in [0.1, 0.15) is 5.01 Å². The van der Waals surface area contributed by atoms with Crippen molar-refractivity contribution < 1.29 is 9.59 Å². The SMILES string of the molecule is CCc1ccc(C(=O)N(CCC(=O)Nc2nnc(-c3ccccc3)s2)[C@@H](C)c2ccccc2)cc1. The minimum Gasteiger partial charge on any atom is -0.331 e. The lowest BCUT2D eigenvalue weighted by molar-refractivity contribution is -0.116. The molecule has 2 amide bonds. The summed E-state index contributed by atoms with van der Waals surface area (Å²) in [5.41, 5.74) is 3.76. The van der Waals surface area contributed by atoms with Crippen molar-refractivity contribution in [1.29, 1.82) is 0 Å². The lowest BCUT2D eigenvalue weighted by atomic mass is 10.0. The zero-order valence-corrected chi connectivity index (χ0v) is 20.7. The second kappa shape index (κ2) is 11.5. The molecule has 0 bridgehead atoms. The van der Waals surface area contributed by atoms with E-state index in [1.54, 1.807) is 4.90 Å². The van der Waals surface area contributed by atoms with Gasteiger partial charge in [0.05, 0.1) is 6.04 Å². The van der Waals surface area contributed by atoms with E-state index in [1.807, 2.05) is 91.9 Å². The van der Waals surface area contributed by atoms with E-state index in [0.717, 1.165) is 22.6 Å². The number of nitrogens with zero attached hydrogens (tertiary/aromatic N) is 3. The van der Waals surface area contributed by atoms with Gasteiger partial charge in [0.2, 0.25) is 11.0 Å². The van der Waals surface area contributed by atoms with E-state index in [2.05, 4.69) is 22.4 Å². The molecule has 6 nitrogen and oxygen atoms in total. The molecule has 0 saturated carbocycles. The number of anilines is 1. The van der Waals surface area contributed by atoms with Crippen LogP contribution in [0.2, 0.25) is 0 Å². The monoisotopic (exact) mass is 484 g/mol. The van der Waals surface area contributed by atoms with Crippen LogP contribution >= 0.6 is 11.3 Å². The van der Waals surface area contributed by atoms with Gasteiger partial charge in [-0.05, 0) is 36.6 Å². The van der Waals surface area contributed by atoms with Crippen LogP contribution in [0.25, 0.3) is 10.6 Å². The first-order valence-corrected chi connectivity index (χ1v) is 12.5. The molecule has 0 saturated heterocycles. The molecule has 0 radical (unpaired) electrons. The summed E-state index contributed by atoms with van der Waals surface area (Å²) >= 11 is 1.32. The summed E-state index contributed by atoms with van der Waals surface area (Å²) in [5.74, 6) is -0.306. The molecule has 0 unspecified atom stereocenters. The van der Waals surface area contributed by atoms with Gasteiger partial charge in [0.15, 0.2) is 0 Å². The van der Waals surface area contributed by atoms with Crippen LogP contribution in [0.1, 0.15) is 47.8 Å². The van der Waals surface area contributed by atoms with Crippen molar-refractivity contribution in [3.8, 4) is 10.6 Å². The van der Waals surface area contributed by atoms with E-state index in [-0.39, 0.29) is 30.8 Å². The zero-order chi connectivity index (χ0) is 24.6. The molecule has 4 rings (SSSR count). The molecule has 0 aliphatic heterocycles. The second-order valence-corrected chi connectivity index (χ2v) is 9.19. The first-order chi connectivity index (χ1) is 17.0. The summed E-state index contributed by atoms with van der Waals surface area (Å²) in [6.07, 6.45) is 1.06. The molecule has 3 aromatic carbocycles. The third kappa shape index (κ3) is 6.19. The number of aryl methyl sites for hydroxylation is 1. The van der Waals surface area contributed by atoms with Crippen LogP contribution in [0.3, 0.4) is 0 Å². The number of amides is 2. The maximum absolute atomic E-state index is 13.5. The van der Waals surface area contributed by atoms with Gasteiger partial charge in [-0.25, -0.2) is 0 Å². The standard InChI is InChI=1S/C28H28N4O2S/c1-3-21-14-16-24(17-15-21)27(34)32(20(2)22-10-6-4-7-11-22)19-18-25(33)29-28-31-30-26(35-28)23-12-8-5-9-13-23/h4-17,20H,3,18-19H2,1-2H3,(H,29,31,33)/t20-/m0/s1. The van der Waals surface area contributed by atoms with Gasteiger partial charge in [-0.1, -0.05) is 91.1 Å². The summed E-state index contributed by atoms with van der Waals surface area (Å²) in [6, 6.07) is 27.1. The molecular weight excluding hydrogens is 456 g/mol. The zero-order valence-electron chi connectivity index (χ0n) is 19.8. The summed E-state index contributed by atoms with van der Waals surface area (Å²) in [5, 5.41) is 12.3. The van der Waals surface area contributed by atoms with Crippen LogP contribution in [0.4, 0.5) is 5.13 Å². The summed E-state index contributed by atoms with van der Waals surface area (Å²) in [7, 11) is 0. The van der Waals surface area contributed by atoms with Gasteiger partial charge in [-0.15, -0.1) is 10.2 Å². The van der Waals surface area contributed by atoms with Gasteiger partial charge in [-0.3, -0.25) is 9.59 Å².